The monoisotopic (exact) mass is 258 g/mol. The summed E-state index contributed by atoms with van der Waals surface area (Å²) in [5.41, 5.74) is 3.23. The first kappa shape index (κ1) is 16.7. The van der Waals surface area contributed by atoms with Crippen molar-refractivity contribution in [2.24, 2.45) is 5.92 Å². The molecule has 3 nitrogen and oxygen atoms in total. The summed E-state index contributed by atoms with van der Waals surface area (Å²) in [7, 11) is 0.129. The molecule has 0 amide bonds. The van der Waals surface area contributed by atoms with E-state index < -0.39 is 20.3 Å². The third-order valence-corrected chi connectivity index (χ3v) is 2.91. The molecule has 0 heterocycles. The van der Waals surface area contributed by atoms with Gasteiger partial charge in [0, 0.05) is 7.11 Å². The topological polar surface area (TPSA) is 38.7 Å². The molecule has 0 aromatic carbocycles. The number of methoxy groups -OCH3 is 1. The van der Waals surface area contributed by atoms with E-state index in [1.807, 2.05) is 0 Å². The van der Waals surface area contributed by atoms with Crippen LogP contribution in [0.4, 0.5) is 0 Å². The highest BCUT2D eigenvalue weighted by Crippen LogP contribution is 2.11. The summed E-state index contributed by atoms with van der Waals surface area (Å²) in [5, 5.41) is 10.0. The van der Waals surface area contributed by atoms with Gasteiger partial charge >= 0.3 is 0 Å². The minimum absolute atomic E-state index is 0.167. The molecular weight excluding hydrogens is 232 g/mol. The second-order valence-electron chi connectivity index (χ2n) is 5.71. The van der Waals surface area contributed by atoms with Crippen molar-refractivity contribution in [2.75, 3.05) is 13.9 Å². The van der Waals surface area contributed by atoms with Crippen molar-refractivity contribution in [3.8, 4) is 11.5 Å². The van der Waals surface area contributed by atoms with E-state index in [1.54, 1.807) is 7.11 Å². The van der Waals surface area contributed by atoms with Crippen LogP contribution in [0.25, 0.3) is 0 Å². The van der Waals surface area contributed by atoms with Crippen molar-refractivity contribution in [1.29, 1.82) is 0 Å². The molecule has 0 saturated carbocycles. The summed E-state index contributed by atoms with van der Waals surface area (Å²) in [6, 6.07) is 0. The van der Waals surface area contributed by atoms with Crippen LogP contribution in [0.3, 0.4) is 0 Å². The van der Waals surface area contributed by atoms with Gasteiger partial charge in [-0.2, -0.15) is 0 Å². The first-order valence-corrected chi connectivity index (χ1v) is 9.57. The molecule has 0 rings (SSSR count). The number of hydrogen-bond donors (Lipinski definition) is 1. The highest BCUT2D eigenvalue weighted by atomic mass is 28.3. The number of rotatable bonds is 6. The molecule has 0 spiro atoms. The zero-order valence-corrected chi connectivity index (χ0v) is 12.9. The molecule has 0 unspecified atom stereocenters. The van der Waals surface area contributed by atoms with Crippen LogP contribution in [0.1, 0.15) is 20.3 Å². The summed E-state index contributed by atoms with van der Waals surface area (Å²) in [6.07, 6.45) is -0.299. The highest BCUT2D eigenvalue weighted by Gasteiger charge is 2.19. The third-order valence-electron chi connectivity index (χ3n) is 2.02. The Hall–Kier alpha value is -0.343. The summed E-state index contributed by atoms with van der Waals surface area (Å²) in [5.74, 6) is 3.48. The van der Waals surface area contributed by atoms with E-state index in [4.69, 9.17) is 9.47 Å². The maximum atomic E-state index is 10.0. The molecule has 0 aliphatic heterocycles. The molecule has 0 bridgehead atoms. The molecule has 4 heteroatoms. The first-order chi connectivity index (χ1) is 7.76. The van der Waals surface area contributed by atoms with Crippen molar-refractivity contribution in [3.05, 3.63) is 0 Å². The lowest BCUT2D eigenvalue weighted by molar-refractivity contribution is -0.0926. The van der Waals surface area contributed by atoms with E-state index in [-0.39, 0.29) is 6.79 Å². The Kier molecular flexibility index (Phi) is 7.72. The van der Waals surface area contributed by atoms with E-state index in [0.717, 1.165) is 0 Å². The summed E-state index contributed by atoms with van der Waals surface area (Å²) in [4.78, 5) is 0. The quantitative estimate of drug-likeness (QED) is 0.451. The van der Waals surface area contributed by atoms with Gasteiger partial charge in [0.25, 0.3) is 0 Å². The molecule has 100 valence electrons. The van der Waals surface area contributed by atoms with Crippen LogP contribution in [0.5, 0.6) is 0 Å². The van der Waals surface area contributed by atoms with Gasteiger partial charge in [-0.3, -0.25) is 0 Å². The summed E-state index contributed by atoms with van der Waals surface area (Å²) < 4.78 is 10.3. The number of aliphatic hydroxyl groups excluding tert-OH is 1. The maximum Gasteiger partial charge on any atom is 0.148 e. The smallest absolute Gasteiger partial charge is 0.148 e. The number of hydrogen-bond acceptors (Lipinski definition) is 3. The Labute approximate surface area is 107 Å². The van der Waals surface area contributed by atoms with Crippen LogP contribution < -0.4 is 0 Å². The van der Waals surface area contributed by atoms with E-state index in [0.29, 0.717) is 12.3 Å². The molecule has 0 fully saturated rings. The molecule has 0 aromatic heterocycles. The molecular formula is C13H26O3Si. The minimum Gasteiger partial charge on any atom is -0.389 e. The van der Waals surface area contributed by atoms with E-state index >= 15 is 0 Å². The average molecular weight is 258 g/mol. The second kappa shape index (κ2) is 7.88. The van der Waals surface area contributed by atoms with Gasteiger partial charge in [-0.1, -0.05) is 39.4 Å². The third kappa shape index (κ3) is 9.37. The zero-order valence-electron chi connectivity index (χ0n) is 11.9. The van der Waals surface area contributed by atoms with Gasteiger partial charge in [-0.05, 0) is 12.3 Å². The lowest BCUT2D eigenvalue weighted by Crippen LogP contribution is -2.30. The standard InChI is InChI=1S/C13H26O3Si/c1-11(2)9-12(14)13(16-10-15-3)7-8-17(4,5)6/h11-14H,9-10H2,1-6H3/t12-,13-/m1/s1. The van der Waals surface area contributed by atoms with Gasteiger partial charge in [0.2, 0.25) is 0 Å². The van der Waals surface area contributed by atoms with E-state index in [1.165, 1.54) is 0 Å². The zero-order chi connectivity index (χ0) is 13.5. The minimum atomic E-state index is -1.44. The Morgan fingerprint density at radius 3 is 2.24 bits per heavy atom. The van der Waals surface area contributed by atoms with Crippen LogP contribution in [-0.2, 0) is 9.47 Å². The van der Waals surface area contributed by atoms with Gasteiger partial charge in [0.1, 0.15) is 21.0 Å². The molecule has 2 atom stereocenters. The molecule has 0 aromatic rings. The van der Waals surface area contributed by atoms with Crippen LogP contribution in [0.15, 0.2) is 0 Å². The predicted octanol–water partition coefficient (Wildman–Crippen LogP) is 2.26. The summed E-state index contributed by atoms with van der Waals surface area (Å²) >= 11 is 0. The van der Waals surface area contributed by atoms with Gasteiger partial charge in [-0.15, -0.1) is 5.54 Å². The molecule has 17 heavy (non-hydrogen) atoms. The maximum absolute atomic E-state index is 10.0. The number of ether oxygens (including phenoxy) is 2. The lowest BCUT2D eigenvalue weighted by atomic mass is 10.0. The fourth-order valence-corrected chi connectivity index (χ4v) is 1.86. The van der Waals surface area contributed by atoms with Crippen LogP contribution in [0, 0.1) is 17.4 Å². The van der Waals surface area contributed by atoms with Gasteiger partial charge in [0.15, 0.2) is 0 Å². The Balaban J connectivity index is 4.56. The van der Waals surface area contributed by atoms with Gasteiger partial charge < -0.3 is 14.6 Å². The SMILES string of the molecule is COCO[C@H](C#C[Si](C)(C)C)[C@H](O)CC(C)C. The van der Waals surface area contributed by atoms with E-state index in [2.05, 4.69) is 45.0 Å². The van der Waals surface area contributed by atoms with Crippen molar-refractivity contribution < 1.29 is 14.6 Å². The van der Waals surface area contributed by atoms with Gasteiger partial charge in [-0.25, -0.2) is 0 Å². The van der Waals surface area contributed by atoms with Crippen LogP contribution >= 0.6 is 0 Å². The molecule has 0 radical (unpaired) electrons. The molecule has 1 N–H and O–H groups in total. The Morgan fingerprint density at radius 1 is 1.24 bits per heavy atom. The lowest BCUT2D eigenvalue weighted by Gasteiger charge is -2.20. The molecule has 0 aliphatic rings. The molecule has 0 saturated heterocycles. The van der Waals surface area contributed by atoms with Crippen molar-refractivity contribution in [3.63, 3.8) is 0 Å². The first-order valence-electron chi connectivity index (χ1n) is 6.07. The average Bonchev–Trinajstić information content (AvgIpc) is 2.14. The predicted molar refractivity (Wildman–Crippen MR) is 73.3 cm³/mol. The summed E-state index contributed by atoms with van der Waals surface area (Å²) in [6.45, 7) is 10.8. The van der Waals surface area contributed by atoms with Crippen molar-refractivity contribution in [2.45, 2.75) is 52.1 Å². The van der Waals surface area contributed by atoms with E-state index in [9.17, 15) is 5.11 Å². The fourth-order valence-electron chi connectivity index (χ4n) is 1.28. The fraction of sp³-hybridized carbons (Fsp3) is 0.846. The Morgan fingerprint density at radius 2 is 1.82 bits per heavy atom. The van der Waals surface area contributed by atoms with Gasteiger partial charge in [0.05, 0.1) is 6.10 Å². The largest absolute Gasteiger partial charge is 0.389 e. The van der Waals surface area contributed by atoms with Crippen LogP contribution in [-0.4, -0.2) is 39.3 Å². The molecule has 0 aliphatic carbocycles. The normalized spacial score (nSPS) is 15.3. The van der Waals surface area contributed by atoms with Crippen molar-refractivity contribution >= 4 is 8.07 Å². The number of aliphatic hydroxyl groups is 1. The van der Waals surface area contributed by atoms with Crippen LogP contribution in [0.2, 0.25) is 19.6 Å². The highest BCUT2D eigenvalue weighted by molar-refractivity contribution is 6.83. The Bertz CT molecular complexity index is 260. The van der Waals surface area contributed by atoms with Crippen molar-refractivity contribution in [1.82, 2.24) is 0 Å². The second-order valence-corrected chi connectivity index (χ2v) is 10.5.